The van der Waals surface area contributed by atoms with Gasteiger partial charge in [-0.2, -0.15) is 0 Å². The van der Waals surface area contributed by atoms with Gasteiger partial charge in [0.05, 0.1) is 5.69 Å². The molecule has 2 aromatic carbocycles. The van der Waals surface area contributed by atoms with Crippen molar-refractivity contribution < 1.29 is 9.53 Å². The standard InChI is InChI=1S/C20H20N2O2S/c1-3-22(19(23)13-24-17-7-5-4-6-8-17)20-21-18(14-25-20)16-11-9-15(2)10-12-16/h4-12,14H,3,13H2,1-2H3. The lowest BCUT2D eigenvalue weighted by Gasteiger charge is -2.17. The minimum Gasteiger partial charge on any atom is -0.484 e. The number of ether oxygens (including phenoxy) is 1. The van der Waals surface area contributed by atoms with Crippen molar-refractivity contribution in [2.45, 2.75) is 13.8 Å². The Morgan fingerprint density at radius 3 is 2.52 bits per heavy atom. The van der Waals surface area contributed by atoms with E-state index in [-0.39, 0.29) is 12.5 Å². The van der Waals surface area contributed by atoms with Crippen LogP contribution in [0.4, 0.5) is 5.13 Å². The van der Waals surface area contributed by atoms with Crippen molar-refractivity contribution in [1.82, 2.24) is 4.98 Å². The number of amides is 1. The van der Waals surface area contributed by atoms with E-state index in [2.05, 4.69) is 24.0 Å². The molecule has 0 aliphatic carbocycles. The molecule has 3 rings (SSSR count). The van der Waals surface area contributed by atoms with Gasteiger partial charge in [-0.15, -0.1) is 11.3 Å². The number of aromatic nitrogens is 1. The highest BCUT2D eigenvalue weighted by atomic mass is 32.1. The van der Waals surface area contributed by atoms with Gasteiger partial charge in [-0.1, -0.05) is 48.0 Å². The topological polar surface area (TPSA) is 42.4 Å². The maximum Gasteiger partial charge on any atom is 0.266 e. The number of aryl methyl sites for hydroxylation is 1. The number of anilines is 1. The Balaban J connectivity index is 1.70. The van der Waals surface area contributed by atoms with Crippen molar-refractivity contribution in [1.29, 1.82) is 0 Å². The molecule has 0 spiro atoms. The molecule has 0 atom stereocenters. The van der Waals surface area contributed by atoms with Gasteiger partial charge < -0.3 is 4.74 Å². The van der Waals surface area contributed by atoms with Crippen LogP contribution in [0.3, 0.4) is 0 Å². The Morgan fingerprint density at radius 1 is 1.12 bits per heavy atom. The van der Waals surface area contributed by atoms with E-state index in [9.17, 15) is 4.79 Å². The summed E-state index contributed by atoms with van der Waals surface area (Å²) in [7, 11) is 0. The van der Waals surface area contributed by atoms with Crippen molar-refractivity contribution in [3.63, 3.8) is 0 Å². The molecule has 0 saturated carbocycles. The fourth-order valence-corrected chi connectivity index (χ4v) is 3.32. The van der Waals surface area contributed by atoms with Crippen molar-refractivity contribution in [2.24, 2.45) is 0 Å². The number of carbonyl (C=O) groups excluding carboxylic acids is 1. The first-order chi connectivity index (χ1) is 12.2. The predicted molar refractivity (Wildman–Crippen MR) is 102 cm³/mol. The molecule has 5 heteroatoms. The average molecular weight is 352 g/mol. The molecule has 0 unspecified atom stereocenters. The van der Waals surface area contributed by atoms with Crippen LogP contribution in [0.1, 0.15) is 12.5 Å². The summed E-state index contributed by atoms with van der Waals surface area (Å²) >= 11 is 1.47. The molecule has 4 nitrogen and oxygen atoms in total. The van der Waals surface area contributed by atoms with Gasteiger partial charge in [0.15, 0.2) is 11.7 Å². The van der Waals surface area contributed by atoms with Crippen LogP contribution >= 0.6 is 11.3 Å². The minimum absolute atomic E-state index is 0.00268. The smallest absolute Gasteiger partial charge is 0.266 e. The Morgan fingerprint density at radius 2 is 1.84 bits per heavy atom. The Labute approximate surface area is 151 Å². The van der Waals surface area contributed by atoms with Crippen LogP contribution < -0.4 is 9.64 Å². The van der Waals surface area contributed by atoms with E-state index in [4.69, 9.17) is 4.74 Å². The van der Waals surface area contributed by atoms with E-state index in [0.717, 1.165) is 11.3 Å². The molecule has 1 heterocycles. The Hall–Kier alpha value is -2.66. The first-order valence-corrected chi connectivity index (χ1v) is 9.06. The van der Waals surface area contributed by atoms with Gasteiger partial charge in [0.1, 0.15) is 5.75 Å². The molecule has 1 aromatic heterocycles. The van der Waals surface area contributed by atoms with Gasteiger partial charge in [0.25, 0.3) is 5.91 Å². The Kier molecular flexibility index (Phi) is 5.46. The molecule has 1 amide bonds. The highest BCUT2D eigenvalue weighted by Crippen LogP contribution is 2.27. The van der Waals surface area contributed by atoms with Crippen LogP contribution in [-0.2, 0) is 4.79 Å². The molecule has 0 fully saturated rings. The SMILES string of the molecule is CCN(C(=O)COc1ccccc1)c1nc(-c2ccc(C)cc2)cs1. The molecule has 3 aromatic rings. The van der Waals surface area contributed by atoms with Crippen LogP contribution in [0.5, 0.6) is 5.75 Å². The summed E-state index contributed by atoms with van der Waals surface area (Å²) in [5.41, 5.74) is 3.15. The third-order valence-electron chi connectivity index (χ3n) is 3.79. The van der Waals surface area contributed by atoms with Gasteiger partial charge in [0, 0.05) is 17.5 Å². The molecule has 128 valence electrons. The number of hydrogen-bond acceptors (Lipinski definition) is 4. The molecule has 0 saturated heterocycles. The zero-order valence-corrected chi connectivity index (χ0v) is 15.1. The van der Waals surface area contributed by atoms with Gasteiger partial charge in [-0.05, 0) is 26.0 Å². The Bertz CT molecular complexity index is 828. The quantitative estimate of drug-likeness (QED) is 0.653. The fourth-order valence-electron chi connectivity index (χ4n) is 2.40. The number of carbonyl (C=O) groups is 1. The van der Waals surface area contributed by atoms with Crippen LogP contribution in [-0.4, -0.2) is 24.0 Å². The summed E-state index contributed by atoms with van der Waals surface area (Å²) in [4.78, 5) is 18.8. The monoisotopic (exact) mass is 352 g/mol. The molecule has 0 aliphatic heterocycles. The second-order valence-electron chi connectivity index (χ2n) is 5.62. The first-order valence-electron chi connectivity index (χ1n) is 8.18. The van der Waals surface area contributed by atoms with Crippen LogP contribution in [0, 0.1) is 6.92 Å². The zero-order valence-electron chi connectivity index (χ0n) is 14.3. The number of likely N-dealkylation sites (N-methyl/N-ethyl adjacent to an activating group) is 1. The first kappa shape index (κ1) is 17.2. The highest BCUT2D eigenvalue weighted by Gasteiger charge is 2.18. The van der Waals surface area contributed by atoms with Gasteiger partial charge in [-0.3, -0.25) is 9.69 Å². The lowest BCUT2D eigenvalue weighted by molar-refractivity contribution is -0.120. The third-order valence-corrected chi connectivity index (χ3v) is 4.66. The number of nitrogens with zero attached hydrogens (tertiary/aromatic N) is 2. The summed E-state index contributed by atoms with van der Waals surface area (Å²) < 4.78 is 5.56. The van der Waals surface area contributed by atoms with Gasteiger partial charge in [-0.25, -0.2) is 4.98 Å². The predicted octanol–water partition coefficient (Wildman–Crippen LogP) is 4.55. The molecule has 0 bridgehead atoms. The van der Waals surface area contributed by atoms with Crippen molar-refractivity contribution in [2.75, 3.05) is 18.1 Å². The number of benzene rings is 2. The van der Waals surface area contributed by atoms with E-state index in [1.807, 2.05) is 54.8 Å². The molecule has 0 radical (unpaired) electrons. The van der Waals surface area contributed by atoms with Crippen molar-refractivity contribution in [3.05, 3.63) is 65.5 Å². The van der Waals surface area contributed by atoms with Crippen LogP contribution in [0.2, 0.25) is 0 Å². The summed E-state index contributed by atoms with van der Waals surface area (Å²) in [5, 5.41) is 2.67. The summed E-state index contributed by atoms with van der Waals surface area (Å²) in [5.74, 6) is 0.586. The fraction of sp³-hybridized carbons (Fsp3) is 0.200. The van der Waals surface area contributed by atoms with Crippen LogP contribution in [0.25, 0.3) is 11.3 Å². The molecular weight excluding hydrogens is 332 g/mol. The van der Waals surface area contributed by atoms with Crippen LogP contribution in [0.15, 0.2) is 60.0 Å². The summed E-state index contributed by atoms with van der Waals surface area (Å²) in [6.45, 7) is 4.54. The van der Waals surface area contributed by atoms with Crippen molar-refractivity contribution in [3.8, 4) is 17.0 Å². The number of rotatable bonds is 6. The largest absolute Gasteiger partial charge is 0.484 e. The van der Waals surface area contributed by atoms with E-state index >= 15 is 0 Å². The second-order valence-corrected chi connectivity index (χ2v) is 6.46. The van der Waals surface area contributed by atoms with Crippen molar-refractivity contribution >= 4 is 22.4 Å². The zero-order chi connectivity index (χ0) is 17.6. The molecular formula is C20H20N2O2S. The molecule has 0 aliphatic rings. The highest BCUT2D eigenvalue weighted by molar-refractivity contribution is 7.14. The third kappa shape index (κ3) is 4.25. The summed E-state index contributed by atoms with van der Waals surface area (Å²) in [6, 6.07) is 17.6. The van der Waals surface area contributed by atoms with E-state index in [1.54, 1.807) is 4.90 Å². The van der Waals surface area contributed by atoms with Gasteiger partial charge in [0.2, 0.25) is 0 Å². The van der Waals surface area contributed by atoms with E-state index in [0.29, 0.717) is 17.4 Å². The molecule has 25 heavy (non-hydrogen) atoms. The number of hydrogen-bond donors (Lipinski definition) is 0. The second kappa shape index (κ2) is 7.94. The number of thiazole rings is 1. The number of para-hydroxylation sites is 1. The maximum absolute atomic E-state index is 12.5. The van der Waals surface area contributed by atoms with E-state index in [1.165, 1.54) is 16.9 Å². The van der Waals surface area contributed by atoms with E-state index < -0.39 is 0 Å². The lowest BCUT2D eigenvalue weighted by atomic mass is 10.1. The summed E-state index contributed by atoms with van der Waals surface area (Å²) in [6.07, 6.45) is 0. The maximum atomic E-state index is 12.5. The van der Waals surface area contributed by atoms with Gasteiger partial charge >= 0.3 is 0 Å². The normalized spacial score (nSPS) is 10.5. The minimum atomic E-state index is -0.101. The molecule has 0 N–H and O–H groups in total. The lowest BCUT2D eigenvalue weighted by Crippen LogP contribution is -2.34. The average Bonchev–Trinajstić information content (AvgIpc) is 3.12.